The Balaban J connectivity index is 1.70. The topological polar surface area (TPSA) is 128 Å². The summed E-state index contributed by atoms with van der Waals surface area (Å²) in [6.45, 7) is 2.57. The van der Waals surface area contributed by atoms with Crippen molar-refractivity contribution in [2.45, 2.75) is 19.4 Å². The van der Waals surface area contributed by atoms with Gasteiger partial charge in [0.2, 0.25) is 5.91 Å². The molecule has 3 N–H and O–H groups in total. The maximum absolute atomic E-state index is 12.2. The van der Waals surface area contributed by atoms with Crippen molar-refractivity contribution in [1.29, 1.82) is 0 Å². The van der Waals surface area contributed by atoms with Gasteiger partial charge in [0.25, 0.3) is 11.8 Å². The third-order valence-corrected chi connectivity index (χ3v) is 3.98. The number of imide groups is 2. The summed E-state index contributed by atoms with van der Waals surface area (Å²) in [4.78, 5) is 61.3. The third-order valence-electron chi connectivity index (χ3n) is 3.98. The zero-order valence-electron chi connectivity index (χ0n) is 14.2. The standard InChI is InChI=1S/C16H17N5O5/c1-16(2)13(24)20(15(26)19-16)8-11(22)18-9-4-3-5-10(6-9)21-12(23)7-17-14(21)25/h3-6H,7-8H2,1-2H3,(H,17,25)(H,18,22)(H,19,26). The lowest BCUT2D eigenvalue weighted by Gasteiger charge is -2.16. The van der Waals surface area contributed by atoms with Gasteiger partial charge >= 0.3 is 12.1 Å². The molecule has 0 bridgehead atoms. The Hall–Kier alpha value is -3.43. The molecule has 2 heterocycles. The Bertz CT molecular complexity index is 818. The van der Waals surface area contributed by atoms with Crippen LogP contribution in [-0.2, 0) is 14.4 Å². The highest BCUT2D eigenvalue weighted by atomic mass is 16.2. The number of carbonyl (C=O) groups excluding carboxylic acids is 5. The van der Waals surface area contributed by atoms with Crippen LogP contribution in [0.15, 0.2) is 24.3 Å². The highest BCUT2D eigenvalue weighted by Gasteiger charge is 2.44. The lowest BCUT2D eigenvalue weighted by molar-refractivity contribution is -0.132. The maximum atomic E-state index is 12.2. The van der Waals surface area contributed by atoms with Gasteiger partial charge in [0.1, 0.15) is 12.1 Å². The first-order chi connectivity index (χ1) is 12.2. The Morgan fingerprint density at radius 2 is 1.92 bits per heavy atom. The second-order valence-electron chi connectivity index (χ2n) is 6.43. The molecule has 0 unspecified atom stereocenters. The third kappa shape index (κ3) is 3.08. The van der Waals surface area contributed by atoms with Gasteiger partial charge < -0.3 is 16.0 Å². The fourth-order valence-corrected chi connectivity index (χ4v) is 2.71. The summed E-state index contributed by atoms with van der Waals surface area (Å²) in [5.74, 6) is -1.48. The first-order valence-electron chi connectivity index (χ1n) is 7.84. The van der Waals surface area contributed by atoms with Crippen LogP contribution < -0.4 is 20.9 Å². The SMILES string of the molecule is CC1(C)NC(=O)N(CC(=O)Nc2cccc(N3C(=O)CNC3=O)c2)C1=O. The number of urea groups is 2. The van der Waals surface area contributed by atoms with Crippen LogP contribution in [0.1, 0.15) is 13.8 Å². The molecule has 2 aliphatic rings. The molecule has 26 heavy (non-hydrogen) atoms. The van der Waals surface area contributed by atoms with Crippen LogP contribution in [0, 0.1) is 0 Å². The first-order valence-corrected chi connectivity index (χ1v) is 7.84. The van der Waals surface area contributed by atoms with E-state index in [1.165, 1.54) is 6.07 Å². The summed E-state index contributed by atoms with van der Waals surface area (Å²) in [6.07, 6.45) is 0. The van der Waals surface area contributed by atoms with Gasteiger partial charge in [0.05, 0.1) is 12.2 Å². The van der Waals surface area contributed by atoms with E-state index in [0.29, 0.717) is 11.4 Å². The maximum Gasteiger partial charge on any atom is 0.329 e. The van der Waals surface area contributed by atoms with E-state index in [2.05, 4.69) is 16.0 Å². The molecular weight excluding hydrogens is 342 g/mol. The molecule has 2 fully saturated rings. The zero-order chi connectivity index (χ0) is 19.1. The molecule has 0 aromatic heterocycles. The number of nitrogens with one attached hydrogen (secondary N) is 3. The van der Waals surface area contributed by atoms with Crippen molar-refractivity contribution in [3.8, 4) is 0 Å². The first kappa shape index (κ1) is 17.4. The fourth-order valence-electron chi connectivity index (χ4n) is 2.71. The molecule has 0 saturated carbocycles. The summed E-state index contributed by atoms with van der Waals surface area (Å²) >= 11 is 0. The molecule has 0 atom stereocenters. The van der Waals surface area contributed by atoms with Crippen LogP contribution in [0.2, 0.25) is 0 Å². The molecule has 1 aromatic rings. The van der Waals surface area contributed by atoms with Gasteiger partial charge in [-0.25, -0.2) is 14.5 Å². The van der Waals surface area contributed by atoms with Gasteiger partial charge in [-0.15, -0.1) is 0 Å². The van der Waals surface area contributed by atoms with E-state index < -0.39 is 41.9 Å². The molecular formula is C16H17N5O5. The van der Waals surface area contributed by atoms with E-state index in [9.17, 15) is 24.0 Å². The molecule has 10 heteroatoms. The predicted molar refractivity (Wildman–Crippen MR) is 90.3 cm³/mol. The number of carbonyl (C=O) groups is 5. The summed E-state index contributed by atoms with van der Waals surface area (Å²) in [5.41, 5.74) is -0.425. The summed E-state index contributed by atoms with van der Waals surface area (Å²) in [5, 5.41) is 7.44. The van der Waals surface area contributed by atoms with Gasteiger partial charge in [0, 0.05) is 5.69 Å². The van der Waals surface area contributed by atoms with E-state index in [4.69, 9.17) is 0 Å². The largest absolute Gasteiger partial charge is 0.329 e. The molecule has 0 aliphatic carbocycles. The molecule has 0 radical (unpaired) electrons. The minimum atomic E-state index is -1.05. The average molecular weight is 359 g/mol. The van der Waals surface area contributed by atoms with Crippen molar-refractivity contribution in [2.24, 2.45) is 0 Å². The number of rotatable bonds is 4. The van der Waals surface area contributed by atoms with Crippen molar-refractivity contribution >= 4 is 41.2 Å². The number of anilines is 2. The number of benzene rings is 1. The monoisotopic (exact) mass is 359 g/mol. The number of hydrogen-bond donors (Lipinski definition) is 3. The number of amides is 7. The molecule has 1 aromatic carbocycles. The van der Waals surface area contributed by atoms with Gasteiger partial charge in [-0.3, -0.25) is 19.3 Å². The predicted octanol–water partition coefficient (Wildman–Crippen LogP) is 0.0117. The second-order valence-corrected chi connectivity index (χ2v) is 6.43. The fraction of sp³-hybridized carbons (Fsp3) is 0.312. The molecule has 136 valence electrons. The Morgan fingerprint density at radius 3 is 2.50 bits per heavy atom. The average Bonchev–Trinajstić information content (AvgIpc) is 2.98. The highest BCUT2D eigenvalue weighted by Crippen LogP contribution is 2.22. The lowest BCUT2D eigenvalue weighted by atomic mass is 10.1. The second kappa shape index (κ2) is 6.14. The van der Waals surface area contributed by atoms with Crippen molar-refractivity contribution in [2.75, 3.05) is 23.3 Å². The Labute approximate surface area is 148 Å². The molecule has 2 saturated heterocycles. The van der Waals surface area contributed by atoms with Gasteiger partial charge in [-0.2, -0.15) is 0 Å². The smallest absolute Gasteiger partial charge is 0.328 e. The Morgan fingerprint density at radius 1 is 1.19 bits per heavy atom. The number of nitrogens with zero attached hydrogens (tertiary/aromatic N) is 2. The molecule has 0 spiro atoms. The molecule has 3 rings (SSSR count). The summed E-state index contributed by atoms with van der Waals surface area (Å²) < 4.78 is 0. The highest BCUT2D eigenvalue weighted by molar-refractivity contribution is 6.20. The number of hydrogen-bond acceptors (Lipinski definition) is 5. The van der Waals surface area contributed by atoms with Gasteiger partial charge in [-0.05, 0) is 32.0 Å². The quantitative estimate of drug-likeness (QED) is 0.653. The van der Waals surface area contributed by atoms with Crippen molar-refractivity contribution in [3.05, 3.63) is 24.3 Å². The van der Waals surface area contributed by atoms with Crippen LogP contribution in [0.3, 0.4) is 0 Å². The van der Waals surface area contributed by atoms with Crippen LogP contribution in [0.25, 0.3) is 0 Å². The summed E-state index contributed by atoms with van der Waals surface area (Å²) in [6, 6.07) is 4.97. The van der Waals surface area contributed by atoms with Gasteiger partial charge in [-0.1, -0.05) is 6.07 Å². The summed E-state index contributed by atoms with van der Waals surface area (Å²) in [7, 11) is 0. The normalized spacial score (nSPS) is 18.8. The molecule has 2 aliphatic heterocycles. The van der Waals surface area contributed by atoms with Crippen LogP contribution in [-0.4, -0.2) is 53.3 Å². The van der Waals surface area contributed by atoms with Crippen LogP contribution >= 0.6 is 0 Å². The van der Waals surface area contributed by atoms with Gasteiger partial charge in [0.15, 0.2) is 0 Å². The van der Waals surface area contributed by atoms with Crippen molar-refractivity contribution in [1.82, 2.24) is 15.5 Å². The van der Waals surface area contributed by atoms with Crippen LogP contribution in [0.4, 0.5) is 21.0 Å². The van der Waals surface area contributed by atoms with Crippen molar-refractivity contribution < 1.29 is 24.0 Å². The van der Waals surface area contributed by atoms with E-state index in [1.54, 1.807) is 32.0 Å². The van der Waals surface area contributed by atoms with Crippen molar-refractivity contribution in [3.63, 3.8) is 0 Å². The molecule has 7 amide bonds. The van der Waals surface area contributed by atoms with E-state index in [0.717, 1.165) is 9.80 Å². The van der Waals surface area contributed by atoms with E-state index in [-0.39, 0.29) is 6.54 Å². The molecule has 10 nitrogen and oxygen atoms in total. The van der Waals surface area contributed by atoms with E-state index in [1.807, 2.05) is 0 Å². The lowest BCUT2D eigenvalue weighted by Crippen LogP contribution is -2.41. The minimum absolute atomic E-state index is 0.0859. The van der Waals surface area contributed by atoms with E-state index >= 15 is 0 Å². The van der Waals surface area contributed by atoms with Crippen LogP contribution in [0.5, 0.6) is 0 Å². The minimum Gasteiger partial charge on any atom is -0.328 e. The zero-order valence-corrected chi connectivity index (χ0v) is 14.2. The Kier molecular flexibility index (Phi) is 4.10.